The van der Waals surface area contributed by atoms with Crippen LogP contribution in [0, 0.1) is 5.92 Å². The molecule has 1 atom stereocenters. The summed E-state index contributed by atoms with van der Waals surface area (Å²) in [7, 11) is 1.64. The lowest BCUT2D eigenvalue weighted by atomic mass is 9.82. The monoisotopic (exact) mass is 243 g/mol. The predicted octanol–water partition coefficient (Wildman–Crippen LogP) is 1.47. The molecule has 17 heavy (non-hydrogen) atoms. The molecule has 1 saturated carbocycles. The average Bonchev–Trinajstić information content (AvgIpc) is 2.30. The van der Waals surface area contributed by atoms with E-state index in [4.69, 9.17) is 4.74 Å². The van der Waals surface area contributed by atoms with Crippen LogP contribution in [0.25, 0.3) is 0 Å². The highest BCUT2D eigenvalue weighted by Gasteiger charge is 2.32. The number of hydrogen-bond acceptors (Lipinski definition) is 3. The Morgan fingerprint density at radius 2 is 2.06 bits per heavy atom. The number of amides is 1. The number of carbonyl (C=O) groups is 1. The third-order valence-corrected chi connectivity index (χ3v) is 3.50. The van der Waals surface area contributed by atoms with Crippen molar-refractivity contribution >= 4 is 5.91 Å². The first kappa shape index (κ1) is 14.5. The molecule has 0 aliphatic heterocycles. The van der Waals surface area contributed by atoms with Gasteiger partial charge in [-0.05, 0) is 18.8 Å². The van der Waals surface area contributed by atoms with Crippen LogP contribution in [-0.4, -0.2) is 36.9 Å². The van der Waals surface area contributed by atoms with Crippen LogP contribution in [0.2, 0.25) is 0 Å². The molecule has 100 valence electrons. The van der Waals surface area contributed by atoms with Gasteiger partial charge in [0.1, 0.15) is 0 Å². The smallest absolute Gasteiger partial charge is 0.220 e. The fourth-order valence-electron chi connectivity index (χ4n) is 2.56. The second-order valence-corrected chi connectivity index (χ2v) is 5.31. The van der Waals surface area contributed by atoms with Gasteiger partial charge >= 0.3 is 0 Å². The summed E-state index contributed by atoms with van der Waals surface area (Å²) >= 11 is 0. The van der Waals surface area contributed by atoms with Crippen LogP contribution >= 0.6 is 0 Å². The molecule has 0 bridgehead atoms. The Kier molecular flexibility index (Phi) is 5.92. The zero-order valence-corrected chi connectivity index (χ0v) is 11.0. The number of aliphatic hydroxyl groups excluding tert-OH is 1. The highest BCUT2D eigenvalue weighted by Crippen LogP contribution is 2.27. The second kappa shape index (κ2) is 6.97. The summed E-state index contributed by atoms with van der Waals surface area (Å²) in [4.78, 5) is 11.9. The van der Waals surface area contributed by atoms with Gasteiger partial charge in [0.25, 0.3) is 0 Å². The van der Waals surface area contributed by atoms with Gasteiger partial charge in [0.2, 0.25) is 5.91 Å². The van der Waals surface area contributed by atoms with Gasteiger partial charge < -0.3 is 15.2 Å². The lowest BCUT2D eigenvalue weighted by molar-refractivity contribution is -0.125. The largest absolute Gasteiger partial charge is 0.394 e. The van der Waals surface area contributed by atoms with Crippen molar-refractivity contribution in [2.75, 3.05) is 20.3 Å². The quantitative estimate of drug-likeness (QED) is 0.742. The molecule has 0 aromatic heterocycles. The minimum atomic E-state index is -0.359. The molecule has 1 aliphatic rings. The van der Waals surface area contributed by atoms with Crippen LogP contribution in [0.1, 0.15) is 45.4 Å². The number of rotatable bonds is 6. The van der Waals surface area contributed by atoms with Gasteiger partial charge in [-0.25, -0.2) is 0 Å². The van der Waals surface area contributed by atoms with E-state index < -0.39 is 0 Å². The van der Waals surface area contributed by atoms with Crippen molar-refractivity contribution in [2.45, 2.75) is 51.0 Å². The van der Waals surface area contributed by atoms with Crippen LogP contribution in [0.3, 0.4) is 0 Å². The third kappa shape index (κ3) is 4.64. The fraction of sp³-hybridized carbons (Fsp3) is 0.923. The van der Waals surface area contributed by atoms with Crippen molar-refractivity contribution in [2.24, 2.45) is 5.92 Å². The average molecular weight is 243 g/mol. The van der Waals surface area contributed by atoms with E-state index in [2.05, 4.69) is 5.32 Å². The number of methoxy groups -OCH3 is 1. The topological polar surface area (TPSA) is 58.6 Å². The van der Waals surface area contributed by atoms with Crippen LogP contribution in [0.15, 0.2) is 0 Å². The number of carbonyl (C=O) groups excluding carboxylic acids is 1. The molecule has 0 spiro atoms. The summed E-state index contributed by atoms with van der Waals surface area (Å²) in [5, 5.41) is 12.5. The summed E-state index contributed by atoms with van der Waals surface area (Å²) in [5.74, 6) is 0.254. The van der Waals surface area contributed by atoms with Crippen molar-refractivity contribution in [1.29, 1.82) is 0 Å². The van der Waals surface area contributed by atoms with E-state index in [0.717, 1.165) is 25.7 Å². The Labute approximate surface area is 104 Å². The number of nitrogens with one attached hydrogen (secondary N) is 1. The van der Waals surface area contributed by atoms with Gasteiger partial charge in [0.05, 0.1) is 12.1 Å². The summed E-state index contributed by atoms with van der Waals surface area (Å²) in [6.45, 7) is 2.65. The van der Waals surface area contributed by atoms with E-state index in [1.807, 2.05) is 6.92 Å². The Hall–Kier alpha value is -0.610. The first-order valence-electron chi connectivity index (χ1n) is 6.53. The standard InChI is InChI=1S/C13H25NO3/c1-11(9-17-2)8-12(16)14-13(10-15)6-4-3-5-7-13/h11,15H,3-10H2,1-2H3,(H,14,16). The zero-order valence-electron chi connectivity index (χ0n) is 11.0. The molecule has 0 radical (unpaired) electrons. The van der Waals surface area contributed by atoms with Crippen LogP contribution < -0.4 is 5.32 Å². The summed E-state index contributed by atoms with van der Waals surface area (Å²) in [6, 6.07) is 0. The summed E-state index contributed by atoms with van der Waals surface area (Å²) in [6.07, 6.45) is 5.65. The van der Waals surface area contributed by atoms with E-state index >= 15 is 0 Å². The van der Waals surface area contributed by atoms with Gasteiger partial charge in [0, 0.05) is 20.1 Å². The van der Waals surface area contributed by atoms with E-state index in [9.17, 15) is 9.90 Å². The van der Waals surface area contributed by atoms with Gasteiger partial charge in [-0.3, -0.25) is 4.79 Å². The predicted molar refractivity (Wildman–Crippen MR) is 66.7 cm³/mol. The zero-order chi connectivity index (χ0) is 12.7. The second-order valence-electron chi connectivity index (χ2n) is 5.31. The summed E-state index contributed by atoms with van der Waals surface area (Å²) in [5.41, 5.74) is -0.359. The number of ether oxygens (including phenoxy) is 1. The maximum absolute atomic E-state index is 11.9. The third-order valence-electron chi connectivity index (χ3n) is 3.50. The Morgan fingerprint density at radius 1 is 1.41 bits per heavy atom. The highest BCUT2D eigenvalue weighted by atomic mass is 16.5. The molecule has 1 amide bonds. The SMILES string of the molecule is COCC(C)CC(=O)NC1(CO)CCCCC1. The Balaban J connectivity index is 2.41. The molecule has 4 heteroatoms. The van der Waals surface area contributed by atoms with Gasteiger partial charge in [-0.1, -0.05) is 26.2 Å². The number of hydrogen-bond donors (Lipinski definition) is 2. The maximum Gasteiger partial charge on any atom is 0.220 e. The van der Waals surface area contributed by atoms with Gasteiger partial charge in [-0.2, -0.15) is 0 Å². The summed E-state index contributed by atoms with van der Waals surface area (Å²) < 4.78 is 5.02. The van der Waals surface area contributed by atoms with Crippen molar-refractivity contribution in [3.8, 4) is 0 Å². The molecule has 1 aliphatic carbocycles. The van der Waals surface area contributed by atoms with E-state index in [1.54, 1.807) is 7.11 Å². The maximum atomic E-state index is 11.9. The fourth-order valence-corrected chi connectivity index (χ4v) is 2.56. The van der Waals surface area contributed by atoms with Crippen LogP contribution in [-0.2, 0) is 9.53 Å². The van der Waals surface area contributed by atoms with Crippen LogP contribution in [0.4, 0.5) is 0 Å². The molecule has 2 N–H and O–H groups in total. The van der Waals surface area contributed by atoms with Crippen LogP contribution in [0.5, 0.6) is 0 Å². The Morgan fingerprint density at radius 3 is 2.59 bits per heavy atom. The lowest BCUT2D eigenvalue weighted by Gasteiger charge is -2.36. The lowest BCUT2D eigenvalue weighted by Crippen LogP contribution is -2.52. The van der Waals surface area contributed by atoms with Crippen molar-refractivity contribution in [3.05, 3.63) is 0 Å². The highest BCUT2D eigenvalue weighted by molar-refractivity contribution is 5.77. The van der Waals surface area contributed by atoms with E-state index in [1.165, 1.54) is 6.42 Å². The first-order valence-corrected chi connectivity index (χ1v) is 6.53. The first-order chi connectivity index (χ1) is 8.12. The van der Waals surface area contributed by atoms with Crippen molar-refractivity contribution in [1.82, 2.24) is 5.32 Å². The van der Waals surface area contributed by atoms with Gasteiger partial charge in [0.15, 0.2) is 0 Å². The molecule has 4 nitrogen and oxygen atoms in total. The van der Waals surface area contributed by atoms with Crippen molar-refractivity contribution < 1.29 is 14.6 Å². The molecular weight excluding hydrogens is 218 g/mol. The number of aliphatic hydroxyl groups is 1. The molecule has 1 unspecified atom stereocenters. The molecule has 0 saturated heterocycles. The minimum Gasteiger partial charge on any atom is -0.394 e. The minimum absolute atomic E-state index is 0.0329. The normalized spacial score (nSPS) is 20.9. The van der Waals surface area contributed by atoms with E-state index in [0.29, 0.717) is 13.0 Å². The molecular formula is C13H25NO3. The molecule has 0 aromatic carbocycles. The molecule has 0 heterocycles. The molecule has 1 fully saturated rings. The van der Waals surface area contributed by atoms with Crippen molar-refractivity contribution in [3.63, 3.8) is 0 Å². The molecule has 0 aromatic rings. The Bertz CT molecular complexity index is 237. The van der Waals surface area contributed by atoms with E-state index in [-0.39, 0.29) is 24.0 Å². The molecule has 1 rings (SSSR count). The van der Waals surface area contributed by atoms with Gasteiger partial charge in [-0.15, -0.1) is 0 Å².